The predicted octanol–water partition coefficient (Wildman–Crippen LogP) is 2.81. The number of guanidine groups is 1. The van der Waals surface area contributed by atoms with Crippen molar-refractivity contribution in [3.05, 3.63) is 35.6 Å². The summed E-state index contributed by atoms with van der Waals surface area (Å²) >= 11 is 0. The number of rotatable bonds is 3. The molecule has 1 amide bonds. The fourth-order valence-electron chi connectivity index (χ4n) is 3.91. The minimum Gasteiger partial charge on any atom is -0.442 e. The number of carbonyl (C=O) groups is 1. The highest BCUT2D eigenvalue weighted by Gasteiger charge is 2.66. The summed E-state index contributed by atoms with van der Waals surface area (Å²) in [4.78, 5) is 17.0. The molecule has 0 bridgehead atoms. The van der Waals surface area contributed by atoms with Crippen LogP contribution in [0.1, 0.15) is 39.2 Å². The number of hydrogen-bond donors (Lipinski definition) is 1. The Morgan fingerprint density at radius 1 is 1.38 bits per heavy atom. The van der Waals surface area contributed by atoms with Crippen molar-refractivity contribution in [1.82, 2.24) is 14.8 Å². The molecule has 2 atom stereocenters. The van der Waals surface area contributed by atoms with Crippen LogP contribution in [0.3, 0.4) is 0 Å². The Hall–Kier alpha value is -2.83. The van der Waals surface area contributed by atoms with Crippen LogP contribution in [0.15, 0.2) is 34.4 Å². The summed E-state index contributed by atoms with van der Waals surface area (Å²) in [7, 11) is -3.47. The van der Waals surface area contributed by atoms with E-state index in [9.17, 15) is 26.4 Å². The number of nitrogens with one attached hydrogen (secondary N) is 1. The van der Waals surface area contributed by atoms with Gasteiger partial charge in [0.1, 0.15) is 22.2 Å². The molecule has 1 N–H and O–H groups in total. The fraction of sp³-hybridized carbons (Fsp3) is 0.526. The van der Waals surface area contributed by atoms with Gasteiger partial charge in [-0.1, -0.05) is 18.2 Å². The van der Waals surface area contributed by atoms with E-state index in [-0.39, 0.29) is 5.56 Å². The Kier molecular flexibility index (Phi) is 5.69. The number of amides is 1. The average molecular weight is 475 g/mol. The zero-order chi connectivity index (χ0) is 24.1. The maximum Gasteiger partial charge on any atom is 0.437 e. The number of sulfonamides is 1. The molecule has 0 radical (unpaired) electrons. The van der Waals surface area contributed by atoms with Crippen molar-refractivity contribution in [2.24, 2.45) is 10.1 Å². The first kappa shape index (κ1) is 23.8. The third-order valence-corrected chi connectivity index (χ3v) is 7.36. The van der Waals surface area contributed by atoms with E-state index >= 15 is 0 Å². The molecule has 176 valence electrons. The molecular weight excluding hydrogens is 451 g/mol. The van der Waals surface area contributed by atoms with E-state index in [1.54, 1.807) is 20.8 Å². The molecule has 13 heteroatoms. The molecule has 3 rings (SSSR count). The van der Waals surface area contributed by atoms with Gasteiger partial charge in [0.15, 0.2) is 0 Å². The van der Waals surface area contributed by atoms with Gasteiger partial charge >= 0.3 is 6.09 Å². The van der Waals surface area contributed by atoms with Crippen LogP contribution in [0, 0.1) is 5.82 Å². The van der Waals surface area contributed by atoms with Crippen LogP contribution in [0.4, 0.5) is 18.0 Å². The van der Waals surface area contributed by atoms with Gasteiger partial charge in [-0.05, 0) is 26.8 Å². The maximum absolute atomic E-state index is 14.8. The van der Waals surface area contributed by atoms with Crippen LogP contribution in [-0.2, 0) is 20.3 Å². The van der Waals surface area contributed by atoms with Crippen LogP contribution in [0.2, 0.25) is 0 Å². The summed E-state index contributed by atoms with van der Waals surface area (Å²) in [5.74, 6) is -4.94. The van der Waals surface area contributed by atoms with Gasteiger partial charge in [0, 0.05) is 32.2 Å². The molecule has 32 heavy (non-hydrogen) atoms. The van der Waals surface area contributed by atoms with E-state index in [2.05, 4.69) is 22.3 Å². The molecule has 2 unspecified atom stereocenters. The lowest BCUT2D eigenvalue weighted by Gasteiger charge is -2.42. The van der Waals surface area contributed by atoms with Crippen molar-refractivity contribution >= 4 is 28.8 Å². The van der Waals surface area contributed by atoms with Crippen molar-refractivity contribution in [3.8, 4) is 0 Å². The van der Waals surface area contributed by atoms with Gasteiger partial charge in [0.2, 0.25) is 16.0 Å². The molecule has 1 fully saturated rings. The highest BCUT2D eigenvalue weighted by atomic mass is 32.2. The molecule has 1 aliphatic carbocycles. The summed E-state index contributed by atoms with van der Waals surface area (Å²) in [6.45, 7) is 7.92. The van der Waals surface area contributed by atoms with E-state index in [0.29, 0.717) is 9.31 Å². The number of hydrazine groups is 1. The Bertz CT molecular complexity index is 1070. The van der Waals surface area contributed by atoms with Gasteiger partial charge < -0.3 is 4.74 Å². The Balaban J connectivity index is 2.28. The zero-order valence-corrected chi connectivity index (χ0v) is 18.8. The molecule has 1 aromatic rings. The van der Waals surface area contributed by atoms with Crippen LogP contribution in [0.5, 0.6) is 0 Å². The monoisotopic (exact) mass is 475 g/mol. The van der Waals surface area contributed by atoms with Gasteiger partial charge in [0.05, 0.1) is 0 Å². The van der Waals surface area contributed by atoms with Crippen molar-refractivity contribution in [3.63, 3.8) is 0 Å². The second-order valence-electron chi connectivity index (χ2n) is 8.63. The molecule has 0 saturated heterocycles. The van der Waals surface area contributed by atoms with Gasteiger partial charge in [-0.3, -0.25) is 0 Å². The number of fused-ring (bicyclic) bond motifs is 1. The largest absolute Gasteiger partial charge is 0.442 e. The van der Waals surface area contributed by atoms with Crippen molar-refractivity contribution in [2.45, 2.75) is 55.9 Å². The standard InChI is InChI=1S/C19H24F3N5O4S/c1-17(2,3)31-16(28)27(25-23-4)15-24-19(12-8-6-7-9-13(12)20)11-18(21,22)10-14(19)32(29,30)26(15)5/h6-9,14,25H,4,10-11H2,1-3,5H3. The minimum absolute atomic E-state index is 0.313. The summed E-state index contributed by atoms with van der Waals surface area (Å²) in [5, 5.41) is 2.15. The first-order valence-corrected chi connectivity index (χ1v) is 11.1. The van der Waals surface area contributed by atoms with Gasteiger partial charge in [-0.2, -0.15) is 5.10 Å². The number of hydrazone groups is 1. The highest BCUT2D eigenvalue weighted by Crippen LogP contribution is 2.55. The Labute approximate surface area is 183 Å². The molecular formula is C19H24F3N5O4S. The smallest absolute Gasteiger partial charge is 0.437 e. The summed E-state index contributed by atoms with van der Waals surface area (Å²) in [6.07, 6.45) is -3.23. The molecule has 2 aliphatic rings. The van der Waals surface area contributed by atoms with Crippen molar-refractivity contribution in [1.29, 1.82) is 0 Å². The van der Waals surface area contributed by atoms with E-state index < -0.39 is 63.0 Å². The quantitative estimate of drug-likeness (QED) is 0.535. The third-order valence-electron chi connectivity index (χ3n) is 5.15. The number of aliphatic imine (C=N–C) groups is 1. The topological polar surface area (TPSA) is 104 Å². The van der Waals surface area contributed by atoms with Gasteiger partial charge in [0.25, 0.3) is 5.92 Å². The third kappa shape index (κ3) is 4.00. The van der Waals surface area contributed by atoms with Crippen LogP contribution in [0.25, 0.3) is 0 Å². The molecule has 1 aliphatic heterocycles. The lowest BCUT2D eigenvalue weighted by molar-refractivity contribution is 0.00297. The molecule has 1 heterocycles. The zero-order valence-electron chi connectivity index (χ0n) is 18.0. The van der Waals surface area contributed by atoms with E-state index in [1.807, 2.05) is 0 Å². The number of benzene rings is 1. The number of nitrogens with zero attached hydrogens (tertiary/aromatic N) is 4. The van der Waals surface area contributed by atoms with Crippen LogP contribution < -0.4 is 5.53 Å². The molecule has 0 spiro atoms. The van der Waals surface area contributed by atoms with Crippen LogP contribution >= 0.6 is 0 Å². The number of halogens is 3. The normalized spacial score (nSPS) is 26.0. The minimum atomic E-state index is -4.52. The predicted molar refractivity (Wildman–Crippen MR) is 111 cm³/mol. The first-order chi connectivity index (χ1) is 14.6. The second kappa shape index (κ2) is 7.64. The van der Waals surface area contributed by atoms with Gasteiger partial charge in [-0.25, -0.2) is 41.2 Å². The molecule has 1 aromatic carbocycles. The van der Waals surface area contributed by atoms with Gasteiger partial charge in [-0.15, -0.1) is 5.01 Å². The lowest BCUT2D eigenvalue weighted by atomic mass is 9.87. The van der Waals surface area contributed by atoms with E-state index in [4.69, 9.17) is 4.74 Å². The van der Waals surface area contributed by atoms with Crippen molar-refractivity contribution < 1.29 is 31.1 Å². The SMILES string of the molecule is C=NNN(C(=O)OC(C)(C)C)C1=NC2(c3ccccc3F)CC(F)(F)CC2S(=O)(=O)N1C. The Morgan fingerprint density at radius 2 is 2.00 bits per heavy atom. The number of alkyl halides is 2. The second-order valence-corrected chi connectivity index (χ2v) is 10.8. The number of hydrogen-bond acceptors (Lipinski definition) is 7. The number of ether oxygens (including phenoxy) is 1. The van der Waals surface area contributed by atoms with E-state index in [0.717, 1.165) is 13.1 Å². The molecule has 1 saturated carbocycles. The Morgan fingerprint density at radius 3 is 2.56 bits per heavy atom. The molecule has 9 nitrogen and oxygen atoms in total. The highest BCUT2D eigenvalue weighted by molar-refractivity contribution is 7.90. The maximum atomic E-state index is 14.8. The number of carbonyl (C=O) groups excluding carboxylic acids is 1. The fourth-order valence-corrected chi connectivity index (χ4v) is 5.86. The summed E-state index contributed by atoms with van der Waals surface area (Å²) < 4.78 is 76.5. The summed E-state index contributed by atoms with van der Waals surface area (Å²) in [6, 6.07) is 4.99. The lowest BCUT2D eigenvalue weighted by Crippen LogP contribution is -2.61. The average Bonchev–Trinajstić information content (AvgIpc) is 2.94. The van der Waals surface area contributed by atoms with Crippen LogP contribution in [-0.4, -0.2) is 60.3 Å². The molecule has 0 aromatic heterocycles. The summed E-state index contributed by atoms with van der Waals surface area (Å²) in [5.41, 5.74) is -1.30. The first-order valence-electron chi connectivity index (χ1n) is 9.59. The van der Waals surface area contributed by atoms with E-state index in [1.165, 1.54) is 18.2 Å². The van der Waals surface area contributed by atoms with Crippen molar-refractivity contribution in [2.75, 3.05) is 7.05 Å².